The molecule has 2 aromatic rings. The third-order valence-electron chi connectivity index (χ3n) is 4.90. The summed E-state index contributed by atoms with van der Waals surface area (Å²) in [5.74, 6) is 0.457. The van der Waals surface area contributed by atoms with Crippen LogP contribution in [0.1, 0.15) is 41.0 Å². The van der Waals surface area contributed by atoms with Crippen molar-refractivity contribution in [3.05, 3.63) is 84.5 Å². The van der Waals surface area contributed by atoms with Gasteiger partial charge in [0.1, 0.15) is 0 Å². The summed E-state index contributed by atoms with van der Waals surface area (Å²) in [7, 11) is 0.857. The van der Waals surface area contributed by atoms with E-state index in [0.29, 0.717) is 23.2 Å². The summed E-state index contributed by atoms with van der Waals surface area (Å²) < 4.78 is 12.7. The maximum absolute atomic E-state index is 12.5. The van der Waals surface area contributed by atoms with Gasteiger partial charge in [0.25, 0.3) is 0 Å². The Labute approximate surface area is 203 Å². The van der Waals surface area contributed by atoms with Crippen LogP contribution in [0.4, 0.5) is 3.89 Å². The smallest absolute Gasteiger partial charge is 0.0498 e. The Morgan fingerprint density at radius 3 is 2.10 bits per heavy atom. The lowest BCUT2D eigenvalue weighted by atomic mass is 10.1. The van der Waals surface area contributed by atoms with E-state index in [-0.39, 0.29) is 4.75 Å². The zero-order valence-corrected chi connectivity index (χ0v) is 22.5. The van der Waals surface area contributed by atoms with Gasteiger partial charge >= 0.3 is 0 Å². The first-order valence-corrected chi connectivity index (χ1v) is 15.8. The second kappa shape index (κ2) is 13.1. The van der Waals surface area contributed by atoms with E-state index in [4.69, 9.17) is 0 Å². The molecule has 0 aromatic heterocycles. The third-order valence-corrected chi connectivity index (χ3v) is 16.1. The van der Waals surface area contributed by atoms with Gasteiger partial charge in [-0.25, -0.2) is 0 Å². The molecular formula is C26H35FS4. The van der Waals surface area contributed by atoms with Crippen LogP contribution in [0, 0.1) is 0 Å². The molecule has 2 atom stereocenters. The topological polar surface area (TPSA) is 0 Å². The predicted molar refractivity (Wildman–Crippen MR) is 147 cm³/mol. The molecule has 0 saturated carbocycles. The number of thioether (sulfide) groups is 1. The second-order valence-corrected chi connectivity index (χ2v) is 16.2. The lowest BCUT2D eigenvalue weighted by molar-refractivity contribution is 0.792. The summed E-state index contributed by atoms with van der Waals surface area (Å²) in [6.45, 7) is 11.2. The van der Waals surface area contributed by atoms with Crippen molar-refractivity contribution in [2.75, 3.05) is 10.8 Å². The first-order chi connectivity index (χ1) is 14.9. The van der Waals surface area contributed by atoms with Gasteiger partial charge in [-0.05, 0) is 36.3 Å². The fourth-order valence-electron chi connectivity index (χ4n) is 3.20. The van der Waals surface area contributed by atoms with Crippen LogP contribution in [0.5, 0.6) is 0 Å². The summed E-state index contributed by atoms with van der Waals surface area (Å²) in [5, 5.41) is 1.55. The summed E-state index contributed by atoms with van der Waals surface area (Å²) >= 11 is 2.45. The maximum atomic E-state index is 12.5. The standard InChI is InChI=1S/C24H29FS4.C2H6/c1-24(2,3)29(23-12-8-5-9-13-23,28-22-10-6-4-7-11-22)19-26-21-16-14-20(15-17-21)18-27-25;1-2/h4-16,21H,17-19H2,1-3H3;1-2H3. The van der Waals surface area contributed by atoms with Crippen molar-refractivity contribution in [1.82, 2.24) is 0 Å². The molecule has 0 aliphatic heterocycles. The normalized spacial score (nSPS) is 18.9. The van der Waals surface area contributed by atoms with Crippen molar-refractivity contribution < 1.29 is 3.89 Å². The van der Waals surface area contributed by atoms with E-state index in [1.165, 1.54) is 9.79 Å². The number of benzene rings is 2. The Morgan fingerprint density at radius 1 is 0.968 bits per heavy atom. The lowest BCUT2D eigenvalue weighted by Gasteiger charge is -2.50. The lowest BCUT2D eigenvalue weighted by Crippen LogP contribution is -2.25. The minimum Gasteiger partial charge on any atom is -0.165 e. The van der Waals surface area contributed by atoms with Crippen molar-refractivity contribution in [3.8, 4) is 0 Å². The van der Waals surface area contributed by atoms with Crippen molar-refractivity contribution in [2.45, 2.75) is 60.8 Å². The van der Waals surface area contributed by atoms with Crippen molar-refractivity contribution in [3.63, 3.8) is 0 Å². The van der Waals surface area contributed by atoms with Crippen LogP contribution in [-0.2, 0) is 0 Å². The highest BCUT2D eigenvalue weighted by Crippen LogP contribution is 2.76. The van der Waals surface area contributed by atoms with Gasteiger partial charge in [-0.1, -0.05) is 100 Å². The Kier molecular flexibility index (Phi) is 11.2. The van der Waals surface area contributed by atoms with E-state index in [2.05, 4.69) is 110 Å². The zero-order chi connectivity index (χ0) is 22.7. The van der Waals surface area contributed by atoms with Crippen LogP contribution >= 0.6 is 43.8 Å². The highest BCUT2D eigenvalue weighted by molar-refractivity contribution is 8.95. The summed E-state index contributed by atoms with van der Waals surface area (Å²) in [4.78, 5) is 2.79. The van der Waals surface area contributed by atoms with E-state index < -0.39 is 9.06 Å². The highest BCUT2D eigenvalue weighted by Gasteiger charge is 2.40. The average molecular weight is 495 g/mol. The van der Waals surface area contributed by atoms with Crippen LogP contribution in [0.15, 0.2) is 94.3 Å². The molecule has 5 heteroatoms. The Bertz CT molecular complexity index is 827. The van der Waals surface area contributed by atoms with E-state index in [0.717, 1.165) is 17.1 Å². The molecule has 31 heavy (non-hydrogen) atoms. The minimum absolute atomic E-state index is 0.145. The van der Waals surface area contributed by atoms with Gasteiger partial charge in [-0.2, -0.15) is 3.89 Å². The Morgan fingerprint density at radius 2 is 1.58 bits per heavy atom. The van der Waals surface area contributed by atoms with Gasteiger partial charge in [0.05, 0.1) is 0 Å². The fourth-order valence-corrected chi connectivity index (χ4v) is 13.4. The third kappa shape index (κ3) is 7.38. The first-order valence-electron chi connectivity index (χ1n) is 10.8. The summed E-state index contributed by atoms with van der Waals surface area (Å²) in [5.41, 5.74) is 1.10. The molecule has 170 valence electrons. The van der Waals surface area contributed by atoms with Crippen molar-refractivity contribution in [2.24, 2.45) is 0 Å². The molecule has 2 unspecified atom stereocenters. The molecule has 0 saturated heterocycles. The monoisotopic (exact) mass is 494 g/mol. The van der Waals surface area contributed by atoms with Crippen LogP contribution in [0.2, 0.25) is 0 Å². The summed E-state index contributed by atoms with van der Waals surface area (Å²) in [6, 6.07) is 21.9. The predicted octanol–water partition coefficient (Wildman–Crippen LogP) is 9.95. The van der Waals surface area contributed by atoms with E-state index in [1.807, 2.05) is 25.6 Å². The molecule has 0 spiro atoms. The van der Waals surface area contributed by atoms with Crippen LogP contribution in [-0.4, -0.2) is 20.8 Å². The number of allylic oxidation sites excluding steroid dienone is 2. The Balaban J connectivity index is 0.00000166. The van der Waals surface area contributed by atoms with Gasteiger partial charge in [0, 0.05) is 42.8 Å². The van der Waals surface area contributed by atoms with Crippen LogP contribution in [0.25, 0.3) is 0 Å². The fraction of sp³-hybridized carbons (Fsp3) is 0.385. The van der Waals surface area contributed by atoms with Gasteiger partial charge in [0.15, 0.2) is 0 Å². The van der Waals surface area contributed by atoms with Gasteiger partial charge < -0.3 is 0 Å². The number of halogens is 1. The maximum Gasteiger partial charge on any atom is 0.0498 e. The molecule has 1 aliphatic rings. The zero-order valence-electron chi connectivity index (χ0n) is 19.2. The summed E-state index contributed by atoms with van der Waals surface area (Å²) in [6.07, 6.45) is 7.56. The molecule has 2 aromatic carbocycles. The molecule has 0 nitrogen and oxygen atoms in total. The molecule has 0 bridgehead atoms. The van der Waals surface area contributed by atoms with Crippen LogP contribution in [0.3, 0.4) is 0 Å². The first kappa shape index (κ1) is 26.5. The largest absolute Gasteiger partial charge is 0.165 e. The molecule has 0 radical (unpaired) electrons. The Hall–Kier alpha value is -0.750. The quantitative estimate of drug-likeness (QED) is 0.335. The SMILES string of the molecule is CC.CC(C)(C)S(CSC1C=CC(CSF)=CC1)(Sc1ccccc1)c1ccccc1. The molecular weight excluding hydrogens is 460 g/mol. The highest BCUT2D eigenvalue weighted by atomic mass is 33.2. The number of hydrogen-bond donors (Lipinski definition) is 0. The van der Waals surface area contributed by atoms with Crippen molar-refractivity contribution in [1.29, 1.82) is 0 Å². The molecule has 0 amide bonds. The minimum atomic E-state index is -1.21. The van der Waals surface area contributed by atoms with E-state index >= 15 is 0 Å². The molecule has 0 N–H and O–H groups in total. The van der Waals surface area contributed by atoms with Gasteiger partial charge in [0.2, 0.25) is 0 Å². The molecule has 3 rings (SSSR count). The van der Waals surface area contributed by atoms with Gasteiger partial charge in [-0.15, -0.1) is 20.8 Å². The molecule has 0 heterocycles. The van der Waals surface area contributed by atoms with E-state index in [1.54, 1.807) is 0 Å². The van der Waals surface area contributed by atoms with Crippen molar-refractivity contribution >= 4 is 43.8 Å². The number of hydrogen-bond acceptors (Lipinski definition) is 3. The van der Waals surface area contributed by atoms with E-state index in [9.17, 15) is 3.89 Å². The molecule has 1 aliphatic carbocycles. The molecule has 0 fully saturated rings. The average Bonchev–Trinajstić information content (AvgIpc) is 2.79. The second-order valence-electron chi connectivity index (χ2n) is 7.95. The van der Waals surface area contributed by atoms with Gasteiger partial charge in [-0.3, -0.25) is 0 Å². The van der Waals surface area contributed by atoms with Crippen LogP contribution < -0.4 is 0 Å². The number of rotatable bonds is 8.